The predicted octanol–water partition coefficient (Wildman–Crippen LogP) is 2.31. The van der Waals surface area contributed by atoms with Gasteiger partial charge in [-0.3, -0.25) is 4.90 Å². The standard InChI is InChI=1S/C16H29F2N3O2/c1-11-7-20(8-12(2)23-11)16(3,4)10-19-15(22)21(9-14(17)18)13-5-6-13/h11-14H,5-10H2,1-4H3,(H,19,22)/t11-,12-/m0/s1. The van der Waals surface area contributed by atoms with Crippen molar-refractivity contribution in [2.45, 2.75) is 70.8 Å². The summed E-state index contributed by atoms with van der Waals surface area (Å²) in [6, 6.07) is -0.397. The molecule has 0 aromatic rings. The number of carbonyl (C=O) groups excluding carboxylic acids is 1. The lowest BCUT2D eigenvalue weighted by Crippen LogP contribution is -2.59. The fraction of sp³-hybridized carbons (Fsp3) is 0.938. The molecule has 2 fully saturated rings. The van der Waals surface area contributed by atoms with Crippen LogP contribution in [0.25, 0.3) is 0 Å². The Hall–Kier alpha value is -0.950. The predicted molar refractivity (Wildman–Crippen MR) is 84.8 cm³/mol. The van der Waals surface area contributed by atoms with Gasteiger partial charge in [-0.1, -0.05) is 0 Å². The van der Waals surface area contributed by atoms with Crippen molar-refractivity contribution in [1.29, 1.82) is 0 Å². The Balaban J connectivity index is 1.88. The van der Waals surface area contributed by atoms with Crippen LogP contribution in [0.1, 0.15) is 40.5 Å². The summed E-state index contributed by atoms with van der Waals surface area (Å²) in [5.74, 6) is 0. The molecule has 0 aromatic carbocycles. The second-order valence-electron chi connectivity index (χ2n) is 7.41. The maximum Gasteiger partial charge on any atom is 0.317 e. The van der Waals surface area contributed by atoms with Crippen LogP contribution in [-0.4, -0.2) is 72.2 Å². The molecule has 1 aliphatic heterocycles. The first kappa shape index (κ1) is 18.4. The molecule has 0 radical (unpaired) electrons. The van der Waals surface area contributed by atoms with Crippen LogP contribution in [0, 0.1) is 0 Å². The maximum absolute atomic E-state index is 12.6. The molecule has 1 N–H and O–H groups in total. The number of rotatable bonds is 6. The molecule has 7 heteroatoms. The zero-order valence-electron chi connectivity index (χ0n) is 14.5. The Labute approximate surface area is 137 Å². The fourth-order valence-electron chi connectivity index (χ4n) is 3.11. The minimum absolute atomic E-state index is 0.0180. The van der Waals surface area contributed by atoms with Gasteiger partial charge in [0.05, 0.1) is 18.8 Å². The van der Waals surface area contributed by atoms with Crippen molar-refractivity contribution in [2.75, 3.05) is 26.2 Å². The van der Waals surface area contributed by atoms with E-state index in [-0.39, 0.29) is 29.8 Å². The monoisotopic (exact) mass is 333 g/mol. The lowest BCUT2D eigenvalue weighted by atomic mass is 10.00. The first-order valence-corrected chi connectivity index (χ1v) is 8.42. The Morgan fingerprint density at radius 1 is 1.30 bits per heavy atom. The summed E-state index contributed by atoms with van der Waals surface area (Å²) in [5, 5.41) is 2.85. The molecule has 2 atom stereocenters. The number of halogens is 2. The summed E-state index contributed by atoms with van der Waals surface area (Å²) in [4.78, 5) is 15.8. The summed E-state index contributed by atoms with van der Waals surface area (Å²) >= 11 is 0. The van der Waals surface area contributed by atoms with Gasteiger partial charge in [-0.2, -0.15) is 0 Å². The fourth-order valence-corrected chi connectivity index (χ4v) is 3.11. The molecule has 0 aromatic heterocycles. The minimum Gasteiger partial charge on any atom is -0.373 e. The zero-order chi connectivity index (χ0) is 17.2. The van der Waals surface area contributed by atoms with Crippen molar-refractivity contribution < 1.29 is 18.3 Å². The topological polar surface area (TPSA) is 44.8 Å². The number of hydrogen-bond acceptors (Lipinski definition) is 3. The second-order valence-corrected chi connectivity index (χ2v) is 7.41. The Morgan fingerprint density at radius 3 is 2.35 bits per heavy atom. The van der Waals surface area contributed by atoms with Crippen LogP contribution in [0.2, 0.25) is 0 Å². The number of nitrogens with one attached hydrogen (secondary N) is 1. The molecule has 1 saturated carbocycles. The Morgan fingerprint density at radius 2 is 1.87 bits per heavy atom. The van der Waals surface area contributed by atoms with Gasteiger partial charge >= 0.3 is 6.03 Å². The van der Waals surface area contributed by atoms with Crippen molar-refractivity contribution in [3.05, 3.63) is 0 Å². The highest BCUT2D eigenvalue weighted by molar-refractivity contribution is 5.75. The van der Waals surface area contributed by atoms with E-state index in [2.05, 4.69) is 24.1 Å². The smallest absolute Gasteiger partial charge is 0.317 e. The molecule has 1 heterocycles. The summed E-state index contributed by atoms with van der Waals surface area (Å²) in [6.45, 7) is 9.75. The van der Waals surface area contributed by atoms with E-state index < -0.39 is 13.0 Å². The van der Waals surface area contributed by atoms with E-state index in [1.54, 1.807) is 0 Å². The van der Waals surface area contributed by atoms with Gasteiger partial charge in [-0.15, -0.1) is 0 Å². The number of alkyl halides is 2. The number of morpholine rings is 1. The molecule has 5 nitrogen and oxygen atoms in total. The van der Waals surface area contributed by atoms with E-state index >= 15 is 0 Å². The largest absolute Gasteiger partial charge is 0.373 e. The van der Waals surface area contributed by atoms with Crippen molar-refractivity contribution in [3.8, 4) is 0 Å². The highest BCUT2D eigenvalue weighted by Gasteiger charge is 2.37. The maximum atomic E-state index is 12.6. The highest BCUT2D eigenvalue weighted by Crippen LogP contribution is 2.27. The number of hydrogen-bond donors (Lipinski definition) is 1. The van der Waals surface area contributed by atoms with Gasteiger partial charge in [0, 0.05) is 31.2 Å². The van der Waals surface area contributed by atoms with Gasteiger partial charge in [0.2, 0.25) is 0 Å². The molecule has 0 bridgehead atoms. The molecule has 2 rings (SSSR count). The molecule has 134 valence electrons. The lowest BCUT2D eigenvalue weighted by Gasteiger charge is -2.45. The summed E-state index contributed by atoms with van der Waals surface area (Å²) < 4.78 is 31.0. The first-order chi connectivity index (χ1) is 10.7. The van der Waals surface area contributed by atoms with Gasteiger partial charge in [0.1, 0.15) is 0 Å². The minimum atomic E-state index is -2.49. The third-order valence-corrected chi connectivity index (χ3v) is 4.53. The van der Waals surface area contributed by atoms with Crippen LogP contribution in [0.15, 0.2) is 0 Å². The quantitative estimate of drug-likeness (QED) is 0.811. The van der Waals surface area contributed by atoms with Crippen LogP contribution in [0.5, 0.6) is 0 Å². The van der Waals surface area contributed by atoms with Gasteiger partial charge < -0.3 is 15.0 Å². The van der Waals surface area contributed by atoms with E-state index in [4.69, 9.17) is 4.74 Å². The number of carbonyl (C=O) groups is 1. The molecule has 0 unspecified atom stereocenters. The lowest BCUT2D eigenvalue weighted by molar-refractivity contribution is -0.0949. The highest BCUT2D eigenvalue weighted by atomic mass is 19.3. The van der Waals surface area contributed by atoms with E-state index in [0.717, 1.165) is 25.9 Å². The van der Waals surface area contributed by atoms with E-state index in [9.17, 15) is 13.6 Å². The van der Waals surface area contributed by atoms with Gasteiger partial charge in [0.25, 0.3) is 6.43 Å². The Bertz CT molecular complexity index is 406. The van der Waals surface area contributed by atoms with Crippen LogP contribution in [0.4, 0.5) is 13.6 Å². The summed E-state index contributed by atoms with van der Waals surface area (Å²) in [5.41, 5.74) is -0.248. The second kappa shape index (κ2) is 7.30. The molecule has 2 aliphatic rings. The zero-order valence-corrected chi connectivity index (χ0v) is 14.5. The number of amides is 2. The molecular weight excluding hydrogens is 304 g/mol. The van der Waals surface area contributed by atoms with Crippen molar-refractivity contribution in [2.24, 2.45) is 0 Å². The third-order valence-electron chi connectivity index (χ3n) is 4.53. The van der Waals surface area contributed by atoms with Crippen LogP contribution in [-0.2, 0) is 4.74 Å². The van der Waals surface area contributed by atoms with E-state index in [1.165, 1.54) is 4.90 Å². The third kappa shape index (κ3) is 5.28. The molecule has 2 amide bonds. The normalized spacial score (nSPS) is 26.4. The molecule has 1 aliphatic carbocycles. The van der Waals surface area contributed by atoms with Gasteiger partial charge in [-0.05, 0) is 40.5 Å². The van der Waals surface area contributed by atoms with Crippen molar-refractivity contribution >= 4 is 6.03 Å². The first-order valence-electron chi connectivity index (χ1n) is 8.42. The SMILES string of the molecule is C[C@H]1CN(C(C)(C)CNC(=O)N(CC(F)F)C2CC2)C[C@H](C)O1. The van der Waals surface area contributed by atoms with Crippen LogP contribution in [0.3, 0.4) is 0 Å². The van der Waals surface area contributed by atoms with E-state index in [1.807, 2.05) is 13.8 Å². The van der Waals surface area contributed by atoms with Crippen LogP contribution < -0.4 is 5.32 Å². The molecule has 23 heavy (non-hydrogen) atoms. The van der Waals surface area contributed by atoms with Gasteiger partial charge in [0.15, 0.2) is 0 Å². The van der Waals surface area contributed by atoms with Crippen LogP contribution >= 0.6 is 0 Å². The van der Waals surface area contributed by atoms with E-state index in [0.29, 0.717) is 6.54 Å². The average molecular weight is 333 g/mol. The van der Waals surface area contributed by atoms with Crippen molar-refractivity contribution in [1.82, 2.24) is 15.1 Å². The Kier molecular flexibility index (Phi) is 5.84. The molecule has 0 spiro atoms. The molecule has 1 saturated heterocycles. The number of ether oxygens (including phenoxy) is 1. The number of urea groups is 1. The van der Waals surface area contributed by atoms with Gasteiger partial charge in [-0.25, -0.2) is 13.6 Å². The number of nitrogens with zero attached hydrogens (tertiary/aromatic N) is 2. The summed E-state index contributed by atoms with van der Waals surface area (Å²) in [6.07, 6.45) is -0.550. The van der Waals surface area contributed by atoms with Crippen molar-refractivity contribution in [3.63, 3.8) is 0 Å². The average Bonchev–Trinajstić information content (AvgIpc) is 3.25. The summed E-state index contributed by atoms with van der Waals surface area (Å²) in [7, 11) is 0. The molecular formula is C16H29F2N3O2.